The van der Waals surface area contributed by atoms with Gasteiger partial charge in [0.1, 0.15) is 6.54 Å². The van der Waals surface area contributed by atoms with Crippen molar-refractivity contribution in [3.8, 4) is 0 Å². The molecular weight excluding hydrogens is 326 g/mol. The van der Waals surface area contributed by atoms with Gasteiger partial charge in [-0.1, -0.05) is 13.0 Å². The van der Waals surface area contributed by atoms with Gasteiger partial charge in [-0.05, 0) is 17.9 Å². The lowest BCUT2D eigenvalue weighted by Crippen LogP contribution is -2.55. The number of thiophene rings is 1. The molecule has 0 aromatic carbocycles. The van der Waals surface area contributed by atoms with Crippen LogP contribution in [0.15, 0.2) is 29.9 Å². The molecule has 3 amide bonds. The van der Waals surface area contributed by atoms with Crippen LogP contribution in [0.2, 0.25) is 0 Å². The molecular formula is C16H21N5O2S. The molecule has 1 atom stereocenters. The number of nitrogens with one attached hydrogen (secondary N) is 1. The number of aryl methyl sites for hydroxylation is 1. The summed E-state index contributed by atoms with van der Waals surface area (Å²) in [6.45, 7) is 3.11. The van der Waals surface area contributed by atoms with Gasteiger partial charge in [-0.25, -0.2) is 4.79 Å². The molecule has 128 valence electrons. The average Bonchev–Trinajstić information content (AvgIpc) is 3.24. The monoisotopic (exact) mass is 347 g/mol. The van der Waals surface area contributed by atoms with Gasteiger partial charge >= 0.3 is 6.03 Å². The van der Waals surface area contributed by atoms with Gasteiger partial charge in [0.2, 0.25) is 5.91 Å². The fourth-order valence-corrected chi connectivity index (χ4v) is 3.63. The number of hydrogen-bond acceptors (Lipinski definition) is 4. The minimum Gasteiger partial charge on any atom is -0.330 e. The number of carbonyl (C=O) groups is 2. The maximum absolute atomic E-state index is 12.5. The normalized spacial score (nSPS) is 16.3. The Morgan fingerprint density at radius 2 is 2.29 bits per heavy atom. The standard InChI is InChI=1S/C16H21N5O2S/c1-3-13(14-5-4-8-24-14)18-16(23)20-6-7-21(15(22)11-20)12-9-17-19(2)10-12/h4-5,8-10,13H,3,6-7,11H2,1-2H3,(H,18,23)/t13-/m0/s1. The van der Waals surface area contributed by atoms with Gasteiger partial charge in [0.15, 0.2) is 0 Å². The van der Waals surface area contributed by atoms with Crippen LogP contribution in [0.3, 0.4) is 0 Å². The van der Waals surface area contributed by atoms with Crippen molar-refractivity contribution >= 4 is 29.0 Å². The van der Waals surface area contributed by atoms with Crippen LogP contribution in [0.1, 0.15) is 24.3 Å². The fraction of sp³-hybridized carbons (Fsp3) is 0.438. The van der Waals surface area contributed by atoms with Crippen molar-refractivity contribution in [3.63, 3.8) is 0 Å². The van der Waals surface area contributed by atoms with Crippen molar-refractivity contribution in [3.05, 3.63) is 34.8 Å². The zero-order chi connectivity index (χ0) is 17.1. The fourth-order valence-electron chi connectivity index (χ4n) is 2.77. The summed E-state index contributed by atoms with van der Waals surface area (Å²) in [5, 5.41) is 9.12. The summed E-state index contributed by atoms with van der Waals surface area (Å²) in [6.07, 6.45) is 4.28. The predicted molar refractivity (Wildman–Crippen MR) is 93.0 cm³/mol. The predicted octanol–water partition coefficient (Wildman–Crippen LogP) is 1.99. The number of rotatable bonds is 4. The van der Waals surface area contributed by atoms with E-state index >= 15 is 0 Å². The van der Waals surface area contributed by atoms with Gasteiger partial charge in [-0.15, -0.1) is 11.3 Å². The van der Waals surface area contributed by atoms with Crippen LogP contribution in [-0.2, 0) is 11.8 Å². The van der Waals surface area contributed by atoms with Crippen LogP contribution < -0.4 is 10.2 Å². The SMILES string of the molecule is CC[C@H](NC(=O)N1CCN(c2cnn(C)c2)C(=O)C1)c1cccs1. The maximum atomic E-state index is 12.5. The molecule has 1 aliphatic heterocycles. The highest BCUT2D eigenvalue weighted by Crippen LogP contribution is 2.22. The molecule has 0 aliphatic carbocycles. The van der Waals surface area contributed by atoms with E-state index in [1.165, 1.54) is 0 Å². The third-order valence-electron chi connectivity index (χ3n) is 4.10. The minimum absolute atomic E-state index is 0.0102. The van der Waals surface area contributed by atoms with Gasteiger partial charge in [-0.3, -0.25) is 9.48 Å². The Morgan fingerprint density at radius 3 is 2.88 bits per heavy atom. The molecule has 1 saturated heterocycles. The maximum Gasteiger partial charge on any atom is 0.318 e. The number of hydrogen-bond donors (Lipinski definition) is 1. The highest BCUT2D eigenvalue weighted by molar-refractivity contribution is 7.10. The molecule has 1 aliphatic rings. The van der Waals surface area contributed by atoms with Crippen molar-refractivity contribution in [1.82, 2.24) is 20.0 Å². The summed E-state index contributed by atoms with van der Waals surface area (Å²) in [5.41, 5.74) is 0.771. The third-order valence-corrected chi connectivity index (χ3v) is 5.09. The molecule has 0 saturated carbocycles. The van der Waals surface area contributed by atoms with Crippen LogP contribution in [-0.4, -0.2) is 46.3 Å². The molecule has 7 nitrogen and oxygen atoms in total. The quantitative estimate of drug-likeness (QED) is 0.919. The lowest BCUT2D eigenvalue weighted by molar-refractivity contribution is -0.120. The molecule has 3 heterocycles. The van der Waals surface area contributed by atoms with E-state index in [0.717, 1.165) is 17.0 Å². The Morgan fingerprint density at radius 1 is 1.46 bits per heavy atom. The Balaban J connectivity index is 1.60. The Labute approximate surface area is 144 Å². The summed E-state index contributed by atoms with van der Waals surface area (Å²) in [6, 6.07) is 3.80. The number of nitrogens with zero attached hydrogens (tertiary/aromatic N) is 4. The molecule has 2 aromatic rings. The van der Waals surface area contributed by atoms with Gasteiger partial charge in [-0.2, -0.15) is 5.10 Å². The first-order valence-electron chi connectivity index (χ1n) is 7.96. The lowest BCUT2D eigenvalue weighted by atomic mass is 10.2. The highest BCUT2D eigenvalue weighted by atomic mass is 32.1. The van der Waals surface area contributed by atoms with Crippen LogP contribution in [0, 0.1) is 0 Å². The molecule has 1 fully saturated rings. The molecule has 2 aromatic heterocycles. The summed E-state index contributed by atoms with van der Waals surface area (Å²) in [5.74, 6) is -0.0893. The Kier molecular flexibility index (Phi) is 4.84. The second kappa shape index (κ2) is 7.04. The van der Waals surface area contributed by atoms with E-state index < -0.39 is 0 Å². The van der Waals surface area contributed by atoms with E-state index in [9.17, 15) is 9.59 Å². The molecule has 1 N–H and O–H groups in total. The van der Waals surface area contributed by atoms with Crippen molar-refractivity contribution in [2.75, 3.05) is 24.5 Å². The van der Waals surface area contributed by atoms with E-state index in [1.807, 2.05) is 31.5 Å². The van der Waals surface area contributed by atoms with E-state index in [4.69, 9.17) is 0 Å². The second-order valence-corrected chi connectivity index (χ2v) is 6.74. The van der Waals surface area contributed by atoms with Gasteiger partial charge in [0.05, 0.1) is 17.9 Å². The number of carbonyl (C=O) groups excluding carboxylic acids is 2. The largest absolute Gasteiger partial charge is 0.330 e. The van der Waals surface area contributed by atoms with Crippen molar-refractivity contribution in [2.24, 2.45) is 7.05 Å². The molecule has 0 bridgehead atoms. The first kappa shape index (κ1) is 16.5. The summed E-state index contributed by atoms with van der Waals surface area (Å²) >= 11 is 1.63. The second-order valence-electron chi connectivity index (χ2n) is 5.76. The molecule has 8 heteroatoms. The number of urea groups is 1. The first-order chi connectivity index (χ1) is 11.6. The number of amides is 3. The lowest BCUT2D eigenvalue weighted by Gasteiger charge is -2.34. The number of piperazine rings is 1. The Hall–Kier alpha value is -2.35. The van der Waals surface area contributed by atoms with Crippen LogP contribution >= 0.6 is 11.3 Å². The van der Waals surface area contributed by atoms with Crippen molar-refractivity contribution < 1.29 is 9.59 Å². The number of aromatic nitrogens is 2. The van der Waals surface area contributed by atoms with Gasteiger partial charge in [0.25, 0.3) is 0 Å². The third kappa shape index (κ3) is 3.43. The Bertz CT molecular complexity index is 712. The topological polar surface area (TPSA) is 70.5 Å². The zero-order valence-corrected chi connectivity index (χ0v) is 14.6. The number of anilines is 1. The van der Waals surface area contributed by atoms with Crippen LogP contribution in [0.5, 0.6) is 0 Å². The smallest absolute Gasteiger partial charge is 0.318 e. The van der Waals surface area contributed by atoms with Crippen molar-refractivity contribution in [1.29, 1.82) is 0 Å². The van der Waals surface area contributed by atoms with Gasteiger partial charge < -0.3 is 15.1 Å². The van der Waals surface area contributed by atoms with Crippen LogP contribution in [0.25, 0.3) is 0 Å². The van der Waals surface area contributed by atoms with E-state index in [0.29, 0.717) is 13.1 Å². The minimum atomic E-state index is -0.186. The first-order valence-corrected chi connectivity index (χ1v) is 8.84. The van der Waals surface area contributed by atoms with Gasteiger partial charge in [0, 0.05) is 31.2 Å². The highest BCUT2D eigenvalue weighted by Gasteiger charge is 2.29. The summed E-state index contributed by atoms with van der Waals surface area (Å²) in [4.78, 5) is 29.2. The van der Waals surface area contributed by atoms with Crippen LogP contribution in [0.4, 0.5) is 10.5 Å². The molecule has 0 spiro atoms. The summed E-state index contributed by atoms with van der Waals surface area (Å²) < 4.78 is 1.66. The van der Waals surface area contributed by atoms with E-state index in [-0.39, 0.29) is 24.5 Å². The molecule has 0 unspecified atom stereocenters. The zero-order valence-electron chi connectivity index (χ0n) is 13.8. The molecule has 3 rings (SSSR count). The van der Waals surface area contributed by atoms with E-state index in [1.54, 1.807) is 38.2 Å². The summed E-state index contributed by atoms with van der Waals surface area (Å²) in [7, 11) is 1.81. The van der Waals surface area contributed by atoms with E-state index in [2.05, 4.69) is 10.4 Å². The van der Waals surface area contributed by atoms with Crippen molar-refractivity contribution in [2.45, 2.75) is 19.4 Å². The average molecular weight is 347 g/mol. The molecule has 24 heavy (non-hydrogen) atoms. The molecule has 0 radical (unpaired) electrons.